The second-order valence-corrected chi connectivity index (χ2v) is 13.2. The fourth-order valence-corrected chi connectivity index (χ4v) is 8.76. The van der Waals surface area contributed by atoms with Crippen LogP contribution < -0.4 is 9.47 Å². The van der Waals surface area contributed by atoms with E-state index in [-0.39, 0.29) is 52.6 Å². The number of benzene rings is 3. The van der Waals surface area contributed by atoms with Gasteiger partial charge in [-0.1, -0.05) is 0 Å². The molecule has 1 atom stereocenters. The van der Waals surface area contributed by atoms with Gasteiger partial charge in [-0.3, -0.25) is 0 Å². The van der Waals surface area contributed by atoms with Crippen LogP contribution in [-0.4, -0.2) is 71.7 Å². The number of aliphatic hydroxyl groups is 1. The second kappa shape index (κ2) is 14.2. The van der Waals surface area contributed by atoms with E-state index in [9.17, 15) is 39.9 Å². The zero-order valence-corrected chi connectivity index (χ0v) is 24.4. The number of halogens is 6. The van der Waals surface area contributed by atoms with E-state index in [1.807, 2.05) is 0 Å². The van der Waals surface area contributed by atoms with Gasteiger partial charge in [-0.05, 0) is 83.1 Å². The molecule has 0 saturated heterocycles. The smallest absolute Gasteiger partial charge is 0.421 e. The monoisotopic (exact) mass is 658 g/mol. The fourth-order valence-electron chi connectivity index (χ4n) is 3.60. The number of aliphatic hydroxyl groups excluding tert-OH is 1. The van der Waals surface area contributed by atoms with Crippen LogP contribution in [0.1, 0.15) is 0 Å². The predicted molar refractivity (Wildman–Crippen MR) is 143 cm³/mol. The summed E-state index contributed by atoms with van der Waals surface area (Å²) < 4.78 is 135. The van der Waals surface area contributed by atoms with Crippen molar-refractivity contribution in [2.24, 2.45) is 0 Å². The predicted octanol–water partition coefficient (Wildman–Crippen LogP) is 5.94. The molecule has 0 aliphatic rings. The first-order chi connectivity index (χ1) is 20.2. The van der Waals surface area contributed by atoms with Crippen molar-refractivity contribution < 1.29 is 62.4 Å². The molecule has 1 unspecified atom stereocenters. The summed E-state index contributed by atoms with van der Waals surface area (Å²) in [6.07, 6.45) is -10.6. The molecule has 0 bridgehead atoms. The minimum atomic E-state index is -6.57. The first-order valence-corrected chi connectivity index (χ1v) is 15.3. The largest absolute Gasteiger partial charge is 0.491 e. The highest BCUT2D eigenvalue weighted by Gasteiger charge is 2.65. The van der Waals surface area contributed by atoms with Crippen molar-refractivity contribution in [2.75, 3.05) is 40.6 Å². The van der Waals surface area contributed by atoms with E-state index in [0.717, 1.165) is 24.3 Å². The van der Waals surface area contributed by atoms with Gasteiger partial charge in [0.1, 0.15) is 30.5 Å². The summed E-state index contributed by atoms with van der Waals surface area (Å²) >= 11 is 0. The van der Waals surface area contributed by atoms with Crippen LogP contribution in [0.5, 0.6) is 11.5 Å². The highest BCUT2D eigenvalue weighted by atomic mass is 32.3. The van der Waals surface area contributed by atoms with Crippen molar-refractivity contribution in [1.82, 2.24) is 0 Å². The molecule has 0 radical (unpaired) electrons. The van der Waals surface area contributed by atoms with Gasteiger partial charge in [-0.25, -0.2) is 8.02 Å². The van der Waals surface area contributed by atoms with E-state index in [4.69, 9.17) is 22.6 Å². The number of hydrogen-bond acceptors (Lipinski definition) is 8. The third-order valence-corrected chi connectivity index (χ3v) is 11.0. The Kier molecular flexibility index (Phi) is 11.4. The summed E-state index contributed by atoms with van der Waals surface area (Å²) in [5.74, 6) is -0.256. The molecular formula is C27H28F6O8S2. The Bertz CT molecular complexity index is 1360. The lowest BCUT2D eigenvalue weighted by atomic mass is 10.3. The van der Waals surface area contributed by atoms with Gasteiger partial charge < -0.3 is 24.1 Å². The molecule has 3 aromatic rings. The highest BCUT2D eigenvalue weighted by Crippen LogP contribution is 2.71. The number of ether oxygens (including phenoxy) is 4. The molecule has 238 valence electrons. The van der Waals surface area contributed by atoms with Gasteiger partial charge in [-0.2, -0.15) is 30.4 Å². The van der Waals surface area contributed by atoms with Crippen LogP contribution in [0.4, 0.5) is 26.3 Å². The summed E-state index contributed by atoms with van der Waals surface area (Å²) in [5, 5.41) is 3.51. The van der Waals surface area contributed by atoms with Crippen LogP contribution in [0.3, 0.4) is 0 Å². The van der Waals surface area contributed by atoms with E-state index in [1.165, 1.54) is 62.8 Å². The Labute approximate surface area is 245 Å². The van der Waals surface area contributed by atoms with Crippen molar-refractivity contribution in [2.45, 2.75) is 32.2 Å². The van der Waals surface area contributed by atoms with E-state index in [0.29, 0.717) is 0 Å². The highest BCUT2D eigenvalue weighted by molar-refractivity contribution is 8.33. The Balaban J connectivity index is 2.27. The quantitative estimate of drug-likeness (QED) is 0.158. The third kappa shape index (κ3) is 7.93. The SMILES string of the molecule is COCCOc1ccc(S(OS(=O)(=O)C(F)(F)C(O)C(F)(F)F)(c2ccc(F)cc2)c2ccc(OCCOC)cc2)cc1. The van der Waals surface area contributed by atoms with Crippen LogP contribution in [0, 0.1) is 5.82 Å². The van der Waals surface area contributed by atoms with Crippen molar-refractivity contribution in [1.29, 1.82) is 0 Å². The van der Waals surface area contributed by atoms with Crippen molar-refractivity contribution >= 4 is 20.4 Å². The number of alkyl halides is 5. The van der Waals surface area contributed by atoms with Gasteiger partial charge >= 0.3 is 21.5 Å². The fraction of sp³-hybridized carbons (Fsp3) is 0.333. The van der Waals surface area contributed by atoms with E-state index >= 15 is 0 Å². The zero-order valence-electron chi connectivity index (χ0n) is 22.7. The summed E-state index contributed by atoms with van der Waals surface area (Å²) in [6.45, 7) is 0.706. The first-order valence-electron chi connectivity index (χ1n) is 12.3. The lowest BCUT2D eigenvalue weighted by molar-refractivity contribution is -0.248. The van der Waals surface area contributed by atoms with Gasteiger partial charge in [0.15, 0.2) is 0 Å². The molecule has 0 aliphatic carbocycles. The molecule has 1 N–H and O–H groups in total. The zero-order chi connectivity index (χ0) is 31.9. The topological polar surface area (TPSA) is 101 Å². The minimum absolute atomic E-state index is 0.0906. The second-order valence-electron chi connectivity index (χ2n) is 8.66. The molecule has 0 aliphatic heterocycles. The molecule has 16 heteroatoms. The Morgan fingerprint density at radius 1 is 0.674 bits per heavy atom. The molecule has 3 rings (SSSR count). The number of hydrogen-bond donors (Lipinski definition) is 1. The van der Waals surface area contributed by atoms with E-state index < -0.39 is 43.8 Å². The molecule has 0 amide bonds. The van der Waals surface area contributed by atoms with Gasteiger partial charge in [0.25, 0.3) is 0 Å². The van der Waals surface area contributed by atoms with E-state index in [1.54, 1.807) is 0 Å². The maximum absolute atomic E-state index is 14.9. The standard InChI is InChI=1S/C27H28F6O8S2/c1-37-15-17-39-20-5-11-23(12-6-20)42(22-9-3-19(28)4-10-22,24-13-7-21(8-14-24)40-18-16-38-2)41-43(35,36)27(32,33)25(34)26(29,30)31/h3-14,25,34H,15-18H2,1-2H3. The minimum Gasteiger partial charge on any atom is -0.491 e. The average Bonchev–Trinajstić information content (AvgIpc) is 2.96. The van der Waals surface area contributed by atoms with Gasteiger partial charge in [0, 0.05) is 28.9 Å². The van der Waals surface area contributed by atoms with E-state index in [2.05, 4.69) is 0 Å². The van der Waals surface area contributed by atoms with Crippen molar-refractivity contribution in [3.63, 3.8) is 0 Å². The van der Waals surface area contributed by atoms with Crippen LogP contribution >= 0.6 is 10.3 Å². The maximum Gasteiger partial charge on any atom is 0.421 e. The van der Waals surface area contributed by atoms with Crippen molar-refractivity contribution in [3.8, 4) is 11.5 Å². The molecular weight excluding hydrogens is 630 g/mol. The lowest BCUT2D eigenvalue weighted by Crippen LogP contribution is -2.50. The van der Waals surface area contributed by atoms with Gasteiger partial charge in [0.05, 0.1) is 13.2 Å². The maximum atomic E-state index is 14.9. The van der Waals surface area contributed by atoms with Crippen LogP contribution in [-0.2, 0) is 23.2 Å². The Morgan fingerprint density at radius 3 is 1.40 bits per heavy atom. The van der Waals surface area contributed by atoms with Gasteiger partial charge in [0.2, 0.25) is 6.10 Å². The molecule has 43 heavy (non-hydrogen) atoms. The lowest BCUT2D eigenvalue weighted by Gasteiger charge is -2.40. The van der Waals surface area contributed by atoms with Crippen molar-refractivity contribution in [3.05, 3.63) is 78.6 Å². The van der Waals surface area contributed by atoms with Gasteiger partial charge in [-0.15, -0.1) is 0 Å². The summed E-state index contributed by atoms with van der Waals surface area (Å²) in [4.78, 5) is -0.352. The summed E-state index contributed by atoms with van der Waals surface area (Å²) in [7, 11) is -7.60. The number of methoxy groups -OCH3 is 2. The summed E-state index contributed by atoms with van der Waals surface area (Å²) in [6, 6.07) is 14.5. The number of rotatable bonds is 15. The molecule has 3 aromatic carbocycles. The molecule has 0 saturated carbocycles. The van der Waals surface area contributed by atoms with Crippen LogP contribution in [0.2, 0.25) is 0 Å². The molecule has 0 heterocycles. The Morgan fingerprint density at radius 2 is 1.05 bits per heavy atom. The average molecular weight is 659 g/mol. The normalized spacial score (nSPS) is 13.9. The Hall–Kier alpha value is -3.02. The summed E-state index contributed by atoms with van der Waals surface area (Å²) in [5.41, 5.74) is 0. The molecule has 0 aromatic heterocycles. The van der Waals surface area contributed by atoms with Crippen LogP contribution in [0.25, 0.3) is 0 Å². The van der Waals surface area contributed by atoms with Crippen LogP contribution in [0.15, 0.2) is 87.5 Å². The first kappa shape index (κ1) is 34.5. The molecule has 8 nitrogen and oxygen atoms in total. The molecule has 0 spiro atoms. The third-order valence-electron chi connectivity index (χ3n) is 5.72. The molecule has 0 fully saturated rings.